The number of benzene rings is 1. The molecule has 1 aliphatic rings. The number of nitrogens with zero attached hydrogens (tertiary/aromatic N) is 1. The van der Waals surface area contributed by atoms with Crippen LogP contribution in [-0.2, 0) is 9.53 Å². The van der Waals surface area contributed by atoms with Crippen molar-refractivity contribution in [1.82, 2.24) is 15.5 Å². The van der Waals surface area contributed by atoms with Gasteiger partial charge < -0.3 is 15.4 Å². The van der Waals surface area contributed by atoms with E-state index in [2.05, 4.69) is 10.6 Å². The molecular weight excluding hydrogens is 362 g/mol. The van der Waals surface area contributed by atoms with Gasteiger partial charge >= 0.3 is 6.09 Å². The molecule has 1 aliphatic heterocycles. The zero-order valence-corrected chi connectivity index (χ0v) is 17.1. The quantitative estimate of drug-likeness (QED) is 0.550. The van der Waals surface area contributed by atoms with Gasteiger partial charge in [0.1, 0.15) is 5.60 Å². The average molecular weight is 392 g/mol. The molecule has 0 aliphatic carbocycles. The highest BCUT2D eigenvalue weighted by Gasteiger charge is 2.29. The second kappa shape index (κ2) is 9.69. The van der Waals surface area contributed by atoms with E-state index in [-0.39, 0.29) is 11.9 Å². The Morgan fingerprint density at radius 2 is 1.96 bits per heavy atom. The molecule has 1 heterocycles. The van der Waals surface area contributed by atoms with Crippen molar-refractivity contribution < 1.29 is 14.3 Å². The normalized spacial score (nSPS) is 17.4. The summed E-state index contributed by atoms with van der Waals surface area (Å²) in [6.07, 6.45) is 2.56. The molecule has 1 fully saturated rings. The van der Waals surface area contributed by atoms with Crippen molar-refractivity contribution in [3.8, 4) is 0 Å². The molecule has 2 N–H and O–H groups in total. The lowest BCUT2D eigenvalue weighted by molar-refractivity contribution is -0.129. The summed E-state index contributed by atoms with van der Waals surface area (Å²) < 4.78 is 5.19. The van der Waals surface area contributed by atoms with Crippen LogP contribution in [0.25, 0.3) is 0 Å². The molecule has 27 heavy (non-hydrogen) atoms. The first-order valence-electron chi connectivity index (χ1n) is 9.39. The largest absolute Gasteiger partial charge is 0.444 e. The lowest BCUT2D eigenvalue weighted by Crippen LogP contribution is -2.51. The van der Waals surface area contributed by atoms with Gasteiger partial charge in [-0.1, -0.05) is 30.3 Å². The first kappa shape index (κ1) is 21.2. The highest BCUT2D eigenvalue weighted by molar-refractivity contribution is 7.80. The number of thiocarbonyl (C=S) groups is 1. The van der Waals surface area contributed by atoms with Crippen LogP contribution >= 0.6 is 12.2 Å². The highest BCUT2D eigenvalue weighted by Crippen LogP contribution is 2.22. The fourth-order valence-electron chi connectivity index (χ4n) is 2.87. The monoisotopic (exact) mass is 391 g/mol. The van der Waals surface area contributed by atoms with E-state index in [0.29, 0.717) is 24.6 Å². The van der Waals surface area contributed by atoms with E-state index in [1.165, 1.54) is 0 Å². The van der Waals surface area contributed by atoms with E-state index in [4.69, 9.17) is 17.0 Å². The third kappa shape index (κ3) is 7.17. The van der Waals surface area contributed by atoms with E-state index in [9.17, 15) is 9.59 Å². The van der Waals surface area contributed by atoms with Crippen LogP contribution in [0.5, 0.6) is 0 Å². The van der Waals surface area contributed by atoms with Gasteiger partial charge in [0.2, 0.25) is 5.91 Å². The van der Waals surface area contributed by atoms with Gasteiger partial charge in [0.15, 0.2) is 5.11 Å². The van der Waals surface area contributed by atoms with E-state index in [1.54, 1.807) is 4.90 Å². The Morgan fingerprint density at radius 3 is 2.59 bits per heavy atom. The van der Waals surface area contributed by atoms with Crippen molar-refractivity contribution in [2.45, 2.75) is 58.1 Å². The summed E-state index contributed by atoms with van der Waals surface area (Å²) in [5.74, 6) is 0.0551. The molecule has 148 valence electrons. The van der Waals surface area contributed by atoms with Crippen LogP contribution in [0.15, 0.2) is 30.3 Å². The Hall–Kier alpha value is -2.15. The third-order valence-electron chi connectivity index (χ3n) is 4.15. The highest BCUT2D eigenvalue weighted by atomic mass is 32.1. The Morgan fingerprint density at radius 1 is 1.26 bits per heavy atom. The van der Waals surface area contributed by atoms with Gasteiger partial charge in [-0.15, -0.1) is 0 Å². The zero-order valence-electron chi connectivity index (χ0n) is 16.3. The number of hydrogen-bond donors (Lipinski definition) is 2. The predicted molar refractivity (Wildman–Crippen MR) is 109 cm³/mol. The Labute approximate surface area is 166 Å². The number of carbonyl (C=O) groups is 2. The summed E-state index contributed by atoms with van der Waals surface area (Å²) in [5, 5.41) is 6.50. The summed E-state index contributed by atoms with van der Waals surface area (Å²) in [6.45, 7) is 6.66. The Kier molecular flexibility index (Phi) is 7.59. The number of ether oxygens (including phenoxy) is 1. The predicted octanol–water partition coefficient (Wildman–Crippen LogP) is 3.53. The molecule has 2 amide bonds. The molecule has 0 spiro atoms. The van der Waals surface area contributed by atoms with E-state index in [1.807, 2.05) is 51.1 Å². The number of rotatable bonds is 7. The van der Waals surface area contributed by atoms with Crippen LogP contribution < -0.4 is 10.6 Å². The van der Waals surface area contributed by atoms with Crippen LogP contribution in [0.4, 0.5) is 4.79 Å². The number of unbranched alkanes of at least 4 members (excludes halogenated alkanes) is 2. The molecule has 1 aromatic carbocycles. The van der Waals surface area contributed by atoms with Gasteiger partial charge in [-0.05, 0) is 57.8 Å². The lowest BCUT2D eigenvalue weighted by atomic mass is 10.0. The third-order valence-corrected chi connectivity index (χ3v) is 4.49. The number of carbonyl (C=O) groups excluding carboxylic acids is 2. The van der Waals surface area contributed by atoms with Crippen molar-refractivity contribution in [2.24, 2.45) is 0 Å². The maximum atomic E-state index is 12.5. The molecule has 2 rings (SSSR count). The van der Waals surface area contributed by atoms with Gasteiger partial charge in [-0.25, -0.2) is 4.79 Å². The zero-order chi connectivity index (χ0) is 19.9. The van der Waals surface area contributed by atoms with Gasteiger partial charge in [-0.3, -0.25) is 9.69 Å². The van der Waals surface area contributed by atoms with Gasteiger partial charge in [0.25, 0.3) is 0 Å². The second-order valence-corrected chi connectivity index (χ2v) is 8.04. The molecular formula is C20H29N3O3S. The minimum Gasteiger partial charge on any atom is -0.444 e. The lowest BCUT2D eigenvalue weighted by Gasteiger charge is -2.34. The first-order valence-corrected chi connectivity index (χ1v) is 9.80. The minimum atomic E-state index is -0.487. The Balaban J connectivity index is 1.66. The second-order valence-electron chi connectivity index (χ2n) is 7.65. The van der Waals surface area contributed by atoms with Crippen molar-refractivity contribution in [3.05, 3.63) is 35.9 Å². The van der Waals surface area contributed by atoms with Crippen molar-refractivity contribution in [1.29, 1.82) is 0 Å². The van der Waals surface area contributed by atoms with Gasteiger partial charge in [0.05, 0.1) is 12.5 Å². The molecule has 0 unspecified atom stereocenters. The number of alkyl carbamates (subject to hydrolysis) is 1. The molecule has 6 nitrogen and oxygen atoms in total. The molecule has 0 aromatic heterocycles. The van der Waals surface area contributed by atoms with Crippen molar-refractivity contribution in [2.75, 3.05) is 13.1 Å². The van der Waals surface area contributed by atoms with E-state index < -0.39 is 11.7 Å². The number of hydrogen-bond acceptors (Lipinski definition) is 4. The molecule has 1 saturated heterocycles. The first-order chi connectivity index (χ1) is 12.8. The van der Waals surface area contributed by atoms with Crippen molar-refractivity contribution >= 4 is 29.3 Å². The molecule has 0 bridgehead atoms. The molecule has 1 aromatic rings. The molecule has 7 heteroatoms. The summed E-state index contributed by atoms with van der Waals surface area (Å²) in [7, 11) is 0. The fraction of sp³-hybridized carbons (Fsp3) is 0.550. The SMILES string of the molecule is CC(C)(C)OC(=O)NCCCCCN1C(=O)C[C@@H](c2ccccc2)NC1=S. The smallest absolute Gasteiger partial charge is 0.407 e. The Bertz CT molecular complexity index is 640. The standard InChI is InChI=1S/C20H29N3O3S/c1-20(2,3)26-19(25)21-12-8-5-9-13-23-17(24)14-16(22-18(23)27)15-10-6-4-7-11-15/h4,6-7,10-11,16H,5,8-9,12-14H2,1-3H3,(H,21,25)(H,22,27)/t16-/m0/s1. The van der Waals surface area contributed by atoms with Gasteiger partial charge in [-0.2, -0.15) is 0 Å². The summed E-state index contributed by atoms with van der Waals surface area (Å²) >= 11 is 5.39. The summed E-state index contributed by atoms with van der Waals surface area (Å²) in [6, 6.07) is 9.82. The van der Waals surface area contributed by atoms with Gasteiger partial charge in [0, 0.05) is 13.1 Å². The minimum absolute atomic E-state index is 0.0551. The van der Waals surface area contributed by atoms with E-state index in [0.717, 1.165) is 24.8 Å². The van der Waals surface area contributed by atoms with E-state index >= 15 is 0 Å². The fourth-order valence-corrected chi connectivity index (χ4v) is 3.20. The topological polar surface area (TPSA) is 70.7 Å². The maximum Gasteiger partial charge on any atom is 0.407 e. The number of nitrogens with one attached hydrogen (secondary N) is 2. The molecule has 0 saturated carbocycles. The average Bonchev–Trinajstić information content (AvgIpc) is 2.59. The van der Waals surface area contributed by atoms with Crippen LogP contribution in [0.2, 0.25) is 0 Å². The number of amides is 2. The summed E-state index contributed by atoms with van der Waals surface area (Å²) in [4.78, 5) is 25.7. The van der Waals surface area contributed by atoms with Crippen LogP contribution in [0.1, 0.15) is 58.1 Å². The van der Waals surface area contributed by atoms with Crippen LogP contribution in [0.3, 0.4) is 0 Å². The maximum absolute atomic E-state index is 12.5. The molecule has 1 atom stereocenters. The van der Waals surface area contributed by atoms with Crippen LogP contribution in [-0.4, -0.2) is 40.7 Å². The van der Waals surface area contributed by atoms with Crippen molar-refractivity contribution in [3.63, 3.8) is 0 Å². The molecule has 0 radical (unpaired) electrons. The van der Waals surface area contributed by atoms with Crippen LogP contribution in [0, 0.1) is 0 Å². The summed E-state index contributed by atoms with van der Waals surface area (Å²) in [5.41, 5.74) is 0.583.